The van der Waals surface area contributed by atoms with Crippen LogP contribution in [0.2, 0.25) is 0 Å². The van der Waals surface area contributed by atoms with Gasteiger partial charge in [-0.25, -0.2) is 4.68 Å². The van der Waals surface area contributed by atoms with Crippen LogP contribution in [-0.2, 0) is 12.7 Å². The topological polar surface area (TPSA) is 87.0 Å². The molecule has 0 spiro atoms. The number of nitro groups is 1. The smallest absolute Gasteiger partial charge is 0.378 e. The molecule has 6 nitrogen and oxygen atoms in total. The van der Waals surface area contributed by atoms with Crippen molar-refractivity contribution in [1.82, 2.24) is 9.78 Å². The monoisotopic (exact) mass is 300 g/mol. The van der Waals surface area contributed by atoms with Gasteiger partial charge in [-0.05, 0) is 24.6 Å². The van der Waals surface area contributed by atoms with Gasteiger partial charge in [-0.15, -0.1) is 0 Å². The Morgan fingerprint density at radius 2 is 1.90 bits per heavy atom. The van der Waals surface area contributed by atoms with Crippen molar-refractivity contribution < 1.29 is 18.1 Å². The number of rotatable bonds is 3. The van der Waals surface area contributed by atoms with E-state index in [9.17, 15) is 23.3 Å². The van der Waals surface area contributed by atoms with E-state index in [1.807, 2.05) is 0 Å². The first-order valence-corrected chi connectivity index (χ1v) is 5.83. The van der Waals surface area contributed by atoms with E-state index < -0.39 is 16.7 Å². The molecule has 0 aliphatic carbocycles. The molecule has 0 aliphatic rings. The molecular formula is C12H11F3N4O2. The summed E-state index contributed by atoms with van der Waals surface area (Å²) in [7, 11) is 0. The lowest BCUT2D eigenvalue weighted by atomic mass is 10.1. The molecule has 9 heteroatoms. The van der Waals surface area contributed by atoms with Gasteiger partial charge in [0.1, 0.15) is 5.69 Å². The summed E-state index contributed by atoms with van der Waals surface area (Å²) in [6, 6.07) is 4.45. The largest absolute Gasteiger partial charge is 0.416 e. The first-order valence-electron chi connectivity index (χ1n) is 5.83. The molecule has 21 heavy (non-hydrogen) atoms. The zero-order chi connectivity index (χ0) is 15.8. The third-order valence-corrected chi connectivity index (χ3v) is 2.93. The predicted molar refractivity (Wildman–Crippen MR) is 68.6 cm³/mol. The third kappa shape index (κ3) is 2.96. The van der Waals surface area contributed by atoms with Crippen LogP contribution >= 0.6 is 0 Å². The molecule has 0 radical (unpaired) electrons. The van der Waals surface area contributed by atoms with Crippen LogP contribution in [0.5, 0.6) is 0 Å². The minimum absolute atomic E-state index is 0.0542. The van der Waals surface area contributed by atoms with Gasteiger partial charge in [0.2, 0.25) is 5.82 Å². The molecule has 112 valence electrons. The Morgan fingerprint density at radius 1 is 1.33 bits per heavy atom. The van der Waals surface area contributed by atoms with Gasteiger partial charge in [0.05, 0.1) is 17.0 Å². The van der Waals surface area contributed by atoms with Gasteiger partial charge in [-0.2, -0.15) is 18.3 Å². The maximum Gasteiger partial charge on any atom is 0.416 e. The van der Waals surface area contributed by atoms with Gasteiger partial charge in [-0.3, -0.25) is 10.1 Å². The summed E-state index contributed by atoms with van der Waals surface area (Å²) in [5.74, 6) is -0.127. The van der Waals surface area contributed by atoms with Crippen molar-refractivity contribution in [2.75, 3.05) is 5.73 Å². The third-order valence-electron chi connectivity index (χ3n) is 2.93. The Morgan fingerprint density at radius 3 is 2.33 bits per heavy atom. The number of nitrogens with zero attached hydrogens (tertiary/aromatic N) is 3. The van der Waals surface area contributed by atoms with E-state index in [0.717, 1.165) is 12.1 Å². The summed E-state index contributed by atoms with van der Waals surface area (Å²) in [5, 5.41) is 14.7. The van der Waals surface area contributed by atoms with Crippen LogP contribution in [0.3, 0.4) is 0 Å². The average molecular weight is 300 g/mol. The number of halogens is 3. The number of nitrogen functional groups attached to an aromatic ring is 1. The van der Waals surface area contributed by atoms with Crippen LogP contribution in [0, 0.1) is 17.0 Å². The Bertz CT molecular complexity index is 677. The van der Waals surface area contributed by atoms with Crippen LogP contribution in [-0.4, -0.2) is 14.7 Å². The summed E-state index contributed by atoms with van der Waals surface area (Å²) in [5.41, 5.74) is 5.24. The Balaban J connectivity index is 2.27. The van der Waals surface area contributed by atoms with E-state index in [1.54, 1.807) is 0 Å². The summed E-state index contributed by atoms with van der Waals surface area (Å²) >= 11 is 0. The number of hydrogen-bond donors (Lipinski definition) is 1. The number of nitrogens with two attached hydrogens (primary N) is 1. The van der Waals surface area contributed by atoms with Crippen molar-refractivity contribution in [3.63, 3.8) is 0 Å². The van der Waals surface area contributed by atoms with Crippen LogP contribution in [0.15, 0.2) is 24.3 Å². The summed E-state index contributed by atoms with van der Waals surface area (Å²) in [6.07, 6.45) is -4.40. The highest BCUT2D eigenvalue weighted by Crippen LogP contribution is 2.30. The van der Waals surface area contributed by atoms with E-state index in [1.165, 1.54) is 23.7 Å². The second-order valence-corrected chi connectivity index (χ2v) is 4.43. The zero-order valence-electron chi connectivity index (χ0n) is 10.9. The Labute approximate surface area is 117 Å². The Hall–Kier alpha value is -2.58. The van der Waals surface area contributed by atoms with Crippen molar-refractivity contribution in [2.24, 2.45) is 0 Å². The number of aromatic nitrogens is 2. The minimum atomic E-state index is -4.40. The van der Waals surface area contributed by atoms with Gasteiger partial charge >= 0.3 is 11.9 Å². The molecule has 1 aromatic carbocycles. The molecule has 0 bridgehead atoms. The van der Waals surface area contributed by atoms with E-state index in [2.05, 4.69) is 5.10 Å². The number of benzene rings is 1. The van der Waals surface area contributed by atoms with Crippen molar-refractivity contribution in [3.8, 4) is 0 Å². The molecular weight excluding hydrogens is 289 g/mol. The highest BCUT2D eigenvalue weighted by molar-refractivity contribution is 5.56. The molecule has 0 aliphatic heterocycles. The normalized spacial score (nSPS) is 11.6. The van der Waals surface area contributed by atoms with E-state index in [0.29, 0.717) is 5.56 Å². The molecule has 0 amide bonds. The molecule has 1 heterocycles. The molecule has 2 N–H and O–H groups in total. The molecule has 0 unspecified atom stereocenters. The maximum absolute atomic E-state index is 12.4. The van der Waals surface area contributed by atoms with Crippen molar-refractivity contribution >= 4 is 11.5 Å². The molecule has 2 rings (SSSR count). The van der Waals surface area contributed by atoms with Crippen molar-refractivity contribution in [3.05, 3.63) is 51.2 Å². The lowest BCUT2D eigenvalue weighted by Gasteiger charge is -2.08. The molecule has 0 saturated carbocycles. The highest BCUT2D eigenvalue weighted by atomic mass is 19.4. The lowest BCUT2D eigenvalue weighted by Crippen LogP contribution is -2.08. The molecule has 0 saturated heterocycles. The highest BCUT2D eigenvalue weighted by Gasteiger charge is 2.30. The SMILES string of the molecule is Cc1nn(Cc2ccc(C(F)(F)F)cc2)c(N)c1[N+](=O)[O-]. The molecule has 0 atom stereocenters. The van der Waals surface area contributed by atoms with Gasteiger partial charge in [0.15, 0.2) is 0 Å². The zero-order valence-corrected chi connectivity index (χ0v) is 10.9. The lowest BCUT2D eigenvalue weighted by molar-refractivity contribution is -0.384. The number of alkyl halides is 3. The van der Waals surface area contributed by atoms with Gasteiger partial charge in [-0.1, -0.05) is 12.1 Å². The predicted octanol–water partition coefficient (Wildman–Crippen LogP) is 2.75. The quantitative estimate of drug-likeness (QED) is 0.697. The van der Waals surface area contributed by atoms with Crippen molar-refractivity contribution in [2.45, 2.75) is 19.6 Å². The van der Waals surface area contributed by atoms with Gasteiger partial charge in [0.25, 0.3) is 0 Å². The first-order chi connectivity index (χ1) is 9.70. The van der Waals surface area contributed by atoms with E-state index in [4.69, 9.17) is 5.73 Å². The van der Waals surface area contributed by atoms with Crippen LogP contribution in [0.1, 0.15) is 16.8 Å². The Kier molecular flexibility index (Phi) is 3.58. The van der Waals surface area contributed by atoms with Crippen LogP contribution < -0.4 is 5.73 Å². The van der Waals surface area contributed by atoms with Gasteiger partial charge < -0.3 is 5.73 Å². The second kappa shape index (κ2) is 5.08. The summed E-state index contributed by atoms with van der Waals surface area (Å²) < 4.78 is 38.5. The molecule has 0 fully saturated rings. The number of aryl methyl sites for hydroxylation is 1. The maximum atomic E-state index is 12.4. The van der Waals surface area contributed by atoms with Crippen molar-refractivity contribution in [1.29, 1.82) is 0 Å². The minimum Gasteiger partial charge on any atom is -0.378 e. The summed E-state index contributed by atoms with van der Waals surface area (Å²) in [6.45, 7) is 1.50. The molecule has 2 aromatic rings. The standard InChI is InChI=1S/C12H11F3N4O2/c1-7-10(19(20)21)11(16)18(17-7)6-8-2-4-9(5-3-8)12(13,14)15/h2-5H,6,16H2,1H3. The first kappa shape index (κ1) is 14.8. The fraction of sp³-hybridized carbons (Fsp3) is 0.250. The van der Waals surface area contributed by atoms with Crippen LogP contribution in [0.4, 0.5) is 24.7 Å². The fourth-order valence-corrected chi connectivity index (χ4v) is 1.91. The van der Waals surface area contributed by atoms with Crippen LogP contribution in [0.25, 0.3) is 0 Å². The fourth-order valence-electron chi connectivity index (χ4n) is 1.91. The van der Waals surface area contributed by atoms with E-state index >= 15 is 0 Å². The second-order valence-electron chi connectivity index (χ2n) is 4.43. The number of anilines is 1. The summed E-state index contributed by atoms with van der Waals surface area (Å²) in [4.78, 5) is 10.2. The van der Waals surface area contributed by atoms with Gasteiger partial charge in [0, 0.05) is 0 Å². The average Bonchev–Trinajstić information content (AvgIpc) is 2.64. The van der Waals surface area contributed by atoms with E-state index in [-0.39, 0.29) is 23.7 Å². The number of hydrogen-bond acceptors (Lipinski definition) is 4. The molecule has 1 aromatic heterocycles.